The number of aryl methyl sites for hydroxylation is 2. The SMILES string of the molecule is Cc1cc2nc3[nH]c(=O)n(CC(Cc4ccccc4)NC(=O)O)c(=O)c3nc2cc1C. The van der Waals surface area contributed by atoms with Crippen molar-refractivity contribution in [1.29, 1.82) is 0 Å². The van der Waals surface area contributed by atoms with Gasteiger partial charge in [0.1, 0.15) is 0 Å². The molecule has 0 aliphatic rings. The zero-order valence-corrected chi connectivity index (χ0v) is 17.0. The predicted octanol–water partition coefficient (Wildman–Crippen LogP) is 2.13. The highest BCUT2D eigenvalue weighted by molar-refractivity contribution is 5.84. The van der Waals surface area contributed by atoms with Crippen molar-refractivity contribution in [3.63, 3.8) is 0 Å². The molecule has 9 heteroatoms. The van der Waals surface area contributed by atoms with Crippen LogP contribution in [-0.2, 0) is 13.0 Å². The summed E-state index contributed by atoms with van der Waals surface area (Å²) in [6, 6.07) is 12.3. The van der Waals surface area contributed by atoms with Gasteiger partial charge in [0.15, 0.2) is 11.2 Å². The fraction of sp³-hybridized carbons (Fsp3) is 0.227. The largest absolute Gasteiger partial charge is 0.465 e. The summed E-state index contributed by atoms with van der Waals surface area (Å²) in [6.07, 6.45) is -0.915. The van der Waals surface area contributed by atoms with E-state index >= 15 is 0 Å². The third-order valence-corrected chi connectivity index (χ3v) is 5.25. The third-order valence-electron chi connectivity index (χ3n) is 5.25. The van der Waals surface area contributed by atoms with Gasteiger partial charge in [0, 0.05) is 0 Å². The van der Waals surface area contributed by atoms with Crippen molar-refractivity contribution < 1.29 is 9.90 Å². The Morgan fingerprint density at radius 2 is 1.74 bits per heavy atom. The zero-order chi connectivity index (χ0) is 22.1. The number of aromatic amines is 1. The van der Waals surface area contributed by atoms with Crippen molar-refractivity contribution in [3.8, 4) is 0 Å². The second-order valence-electron chi connectivity index (χ2n) is 7.53. The van der Waals surface area contributed by atoms with Gasteiger partial charge in [0.25, 0.3) is 5.56 Å². The molecule has 4 rings (SSSR count). The third kappa shape index (κ3) is 4.16. The van der Waals surface area contributed by atoms with Crippen LogP contribution >= 0.6 is 0 Å². The van der Waals surface area contributed by atoms with Crippen LogP contribution in [0.2, 0.25) is 0 Å². The van der Waals surface area contributed by atoms with E-state index in [1.54, 1.807) is 0 Å². The van der Waals surface area contributed by atoms with Crippen LogP contribution in [0.25, 0.3) is 22.2 Å². The molecule has 4 aromatic rings. The highest BCUT2D eigenvalue weighted by atomic mass is 16.4. The number of hydrogen-bond donors (Lipinski definition) is 3. The Labute approximate surface area is 176 Å². The average Bonchev–Trinajstić information content (AvgIpc) is 2.71. The molecule has 0 radical (unpaired) electrons. The number of rotatable bonds is 5. The lowest BCUT2D eigenvalue weighted by molar-refractivity contribution is 0.188. The van der Waals surface area contributed by atoms with Gasteiger partial charge in [-0.15, -0.1) is 0 Å². The average molecular weight is 419 g/mol. The van der Waals surface area contributed by atoms with Crippen LogP contribution in [-0.4, -0.2) is 36.8 Å². The summed E-state index contributed by atoms with van der Waals surface area (Å²) in [5.74, 6) is 0. The lowest BCUT2D eigenvalue weighted by Gasteiger charge is -2.18. The summed E-state index contributed by atoms with van der Waals surface area (Å²) in [5.41, 5.74) is 2.91. The molecule has 1 unspecified atom stereocenters. The number of nitrogens with one attached hydrogen (secondary N) is 2. The van der Waals surface area contributed by atoms with Crippen molar-refractivity contribution in [1.82, 2.24) is 24.8 Å². The zero-order valence-electron chi connectivity index (χ0n) is 17.0. The number of aromatic nitrogens is 4. The summed E-state index contributed by atoms with van der Waals surface area (Å²) >= 11 is 0. The first-order valence-corrected chi connectivity index (χ1v) is 9.77. The van der Waals surface area contributed by atoms with Gasteiger partial charge >= 0.3 is 11.8 Å². The number of nitrogens with zero attached hydrogens (tertiary/aromatic N) is 3. The molecule has 9 nitrogen and oxygen atoms in total. The molecule has 31 heavy (non-hydrogen) atoms. The molecule has 0 saturated carbocycles. The number of benzene rings is 2. The maximum absolute atomic E-state index is 13.1. The van der Waals surface area contributed by atoms with E-state index in [1.807, 2.05) is 56.3 Å². The van der Waals surface area contributed by atoms with Crippen LogP contribution in [0.3, 0.4) is 0 Å². The lowest BCUT2D eigenvalue weighted by atomic mass is 10.1. The van der Waals surface area contributed by atoms with Crippen LogP contribution in [0.15, 0.2) is 52.1 Å². The molecule has 0 spiro atoms. The van der Waals surface area contributed by atoms with Crippen molar-refractivity contribution >= 4 is 28.3 Å². The minimum atomic E-state index is -1.23. The highest BCUT2D eigenvalue weighted by Crippen LogP contribution is 2.17. The molecule has 0 aliphatic carbocycles. The first-order valence-electron chi connectivity index (χ1n) is 9.77. The minimum Gasteiger partial charge on any atom is -0.465 e. The fourth-order valence-electron chi connectivity index (χ4n) is 3.56. The normalized spacial score (nSPS) is 12.2. The fourth-order valence-corrected chi connectivity index (χ4v) is 3.56. The molecule has 158 valence electrons. The number of amides is 1. The predicted molar refractivity (Wildman–Crippen MR) is 116 cm³/mol. The van der Waals surface area contributed by atoms with Gasteiger partial charge in [-0.05, 0) is 49.1 Å². The van der Waals surface area contributed by atoms with Crippen molar-refractivity contribution in [2.24, 2.45) is 0 Å². The molecule has 1 atom stereocenters. The Bertz CT molecular complexity index is 1410. The Kier molecular flexibility index (Phi) is 5.24. The van der Waals surface area contributed by atoms with Gasteiger partial charge in [-0.3, -0.25) is 14.3 Å². The first-order chi connectivity index (χ1) is 14.8. The summed E-state index contributed by atoms with van der Waals surface area (Å²) in [4.78, 5) is 48.4. The second kappa shape index (κ2) is 8.02. The van der Waals surface area contributed by atoms with Gasteiger partial charge in [-0.2, -0.15) is 0 Å². The van der Waals surface area contributed by atoms with Crippen LogP contribution < -0.4 is 16.6 Å². The summed E-state index contributed by atoms with van der Waals surface area (Å²) in [7, 11) is 0. The van der Waals surface area contributed by atoms with Crippen molar-refractivity contribution in [3.05, 3.63) is 80.0 Å². The standard InChI is InChI=1S/C22H21N5O4/c1-12-8-16-17(9-13(12)2)25-19-18(24-16)20(28)27(21(29)26-19)11-15(23-22(30)31)10-14-6-4-3-5-7-14/h3-9,15,23H,10-11H2,1-2H3,(H,30,31)(H,25,26,29). The van der Waals surface area contributed by atoms with E-state index in [0.717, 1.165) is 21.3 Å². The lowest BCUT2D eigenvalue weighted by Crippen LogP contribution is -2.45. The van der Waals surface area contributed by atoms with E-state index < -0.39 is 23.4 Å². The summed E-state index contributed by atoms with van der Waals surface area (Å²) in [5, 5.41) is 11.6. The van der Waals surface area contributed by atoms with Crippen LogP contribution in [0.1, 0.15) is 16.7 Å². The molecule has 1 amide bonds. The first kappa shape index (κ1) is 20.3. The van der Waals surface area contributed by atoms with Gasteiger partial charge in [0.2, 0.25) is 0 Å². The number of hydrogen-bond acceptors (Lipinski definition) is 5. The molecule has 0 fully saturated rings. The number of carboxylic acid groups (broad SMARTS) is 1. The van der Waals surface area contributed by atoms with E-state index in [4.69, 9.17) is 0 Å². The van der Waals surface area contributed by atoms with E-state index in [9.17, 15) is 19.5 Å². The molecule has 3 N–H and O–H groups in total. The summed E-state index contributed by atoms with van der Waals surface area (Å²) in [6.45, 7) is 3.75. The van der Waals surface area contributed by atoms with Crippen LogP contribution in [0, 0.1) is 13.8 Å². The molecule has 0 saturated heterocycles. The number of fused-ring (bicyclic) bond motifs is 2. The number of carbonyl (C=O) groups is 1. The Morgan fingerprint density at radius 1 is 1.10 bits per heavy atom. The maximum Gasteiger partial charge on any atom is 0.404 e. The highest BCUT2D eigenvalue weighted by Gasteiger charge is 2.18. The summed E-state index contributed by atoms with van der Waals surface area (Å²) < 4.78 is 0.966. The Hall–Kier alpha value is -4.01. The molecule has 0 aliphatic heterocycles. The van der Waals surface area contributed by atoms with E-state index in [0.29, 0.717) is 17.5 Å². The quantitative estimate of drug-likeness (QED) is 0.425. The smallest absolute Gasteiger partial charge is 0.404 e. The Balaban J connectivity index is 1.79. The minimum absolute atomic E-state index is 0.0316. The molecule has 2 aromatic heterocycles. The second-order valence-corrected chi connectivity index (χ2v) is 7.53. The van der Waals surface area contributed by atoms with E-state index in [-0.39, 0.29) is 17.7 Å². The molecule has 0 bridgehead atoms. The van der Waals surface area contributed by atoms with Crippen LogP contribution in [0.5, 0.6) is 0 Å². The maximum atomic E-state index is 13.1. The van der Waals surface area contributed by atoms with Gasteiger partial charge in [0.05, 0.1) is 23.6 Å². The van der Waals surface area contributed by atoms with Gasteiger partial charge in [-0.25, -0.2) is 19.6 Å². The van der Waals surface area contributed by atoms with Crippen molar-refractivity contribution in [2.45, 2.75) is 32.9 Å². The molecular weight excluding hydrogens is 398 g/mol. The van der Waals surface area contributed by atoms with E-state index in [2.05, 4.69) is 20.3 Å². The molecule has 2 aromatic carbocycles. The topological polar surface area (TPSA) is 130 Å². The van der Waals surface area contributed by atoms with Gasteiger partial charge < -0.3 is 10.4 Å². The molecule has 2 heterocycles. The molecular formula is C22H21N5O4. The Morgan fingerprint density at radius 3 is 2.39 bits per heavy atom. The van der Waals surface area contributed by atoms with Crippen molar-refractivity contribution in [2.75, 3.05) is 0 Å². The van der Waals surface area contributed by atoms with Crippen LogP contribution in [0.4, 0.5) is 4.79 Å². The van der Waals surface area contributed by atoms with E-state index in [1.165, 1.54) is 0 Å². The monoisotopic (exact) mass is 419 g/mol. The van der Waals surface area contributed by atoms with Gasteiger partial charge in [-0.1, -0.05) is 30.3 Å². The number of H-pyrrole nitrogens is 1.